The van der Waals surface area contributed by atoms with Gasteiger partial charge in [0.25, 0.3) is 0 Å². The molecule has 1 aliphatic carbocycles. The van der Waals surface area contributed by atoms with Gasteiger partial charge in [-0.2, -0.15) is 0 Å². The van der Waals surface area contributed by atoms with Crippen molar-refractivity contribution in [3.8, 4) is 0 Å². The Hall–Kier alpha value is -1.75. The molecule has 6 heteroatoms. The topological polar surface area (TPSA) is 67.4 Å². The number of anilines is 1. The summed E-state index contributed by atoms with van der Waals surface area (Å²) in [4.78, 5) is 23.6. The minimum absolute atomic E-state index is 0.108. The second kappa shape index (κ2) is 9.98. The van der Waals surface area contributed by atoms with Gasteiger partial charge in [0.05, 0.1) is 0 Å². The van der Waals surface area contributed by atoms with Gasteiger partial charge in [-0.1, -0.05) is 12.1 Å². The van der Waals surface area contributed by atoms with Crippen molar-refractivity contribution in [2.24, 2.45) is 0 Å². The molecule has 0 heterocycles. The Balaban J connectivity index is 1.79. The molecule has 0 spiro atoms. The summed E-state index contributed by atoms with van der Waals surface area (Å²) in [5.74, 6) is 1.13. The van der Waals surface area contributed by atoms with Gasteiger partial charge in [0.2, 0.25) is 5.91 Å². The van der Waals surface area contributed by atoms with E-state index in [1.54, 1.807) is 0 Å². The normalized spacial score (nSPS) is 20.0. The molecule has 0 aromatic heterocycles. The van der Waals surface area contributed by atoms with Crippen LogP contribution in [0.1, 0.15) is 70.8 Å². The smallest absolute Gasteiger partial charge is 0.412 e. The quantitative estimate of drug-likeness (QED) is 0.652. The Morgan fingerprint density at radius 3 is 2.30 bits per heavy atom. The first-order chi connectivity index (χ1) is 12.8. The fourth-order valence-corrected chi connectivity index (χ4v) is 3.49. The second-order valence-corrected chi connectivity index (χ2v) is 8.54. The third-order valence-electron chi connectivity index (χ3n) is 4.66. The van der Waals surface area contributed by atoms with Gasteiger partial charge in [-0.15, -0.1) is 11.6 Å². The highest BCUT2D eigenvalue weighted by Crippen LogP contribution is 2.33. The molecule has 5 nitrogen and oxygen atoms in total. The summed E-state index contributed by atoms with van der Waals surface area (Å²) < 4.78 is 5.26. The predicted octanol–water partition coefficient (Wildman–Crippen LogP) is 5.20. The Morgan fingerprint density at radius 1 is 1.11 bits per heavy atom. The fourth-order valence-electron chi connectivity index (χ4n) is 3.36. The minimum atomic E-state index is -0.512. The van der Waals surface area contributed by atoms with Crippen LogP contribution in [0.3, 0.4) is 0 Å². The fraction of sp³-hybridized carbons (Fsp3) is 0.619. The SMILES string of the molecule is CC(C)(C)OC(=O)Nc1ccc(C2CCC(NC(=O)CCCCl)CC2)cc1. The maximum Gasteiger partial charge on any atom is 0.412 e. The Labute approximate surface area is 167 Å². The van der Waals surface area contributed by atoms with Crippen LogP contribution in [-0.4, -0.2) is 29.5 Å². The van der Waals surface area contributed by atoms with Crippen molar-refractivity contribution in [3.63, 3.8) is 0 Å². The van der Waals surface area contributed by atoms with E-state index in [0.717, 1.165) is 37.8 Å². The van der Waals surface area contributed by atoms with Crippen molar-refractivity contribution < 1.29 is 14.3 Å². The molecule has 0 radical (unpaired) electrons. The van der Waals surface area contributed by atoms with Gasteiger partial charge in [-0.05, 0) is 76.5 Å². The summed E-state index contributed by atoms with van der Waals surface area (Å²) in [5, 5.41) is 5.87. The lowest BCUT2D eigenvalue weighted by Crippen LogP contribution is -2.37. The number of hydrogen-bond acceptors (Lipinski definition) is 3. The molecular weight excluding hydrogens is 364 g/mol. The molecule has 1 aromatic rings. The van der Waals surface area contributed by atoms with E-state index in [1.807, 2.05) is 32.9 Å². The Bertz CT molecular complexity index is 617. The first kappa shape index (κ1) is 21.5. The van der Waals surface area contributed by atoms with E-state index in [-0.39, 0.29) is 11.9 Å². The molecule has 0 bridgehead atoms. The van der Waals surface area contributed by atoms with E-state index in [0.29, 0.717) is 18.2 Å². The average Bonchev–Trinajstić information content (AvgIpc) is 2.60. The lowest BCUT2D eigenvalue weighted by atomic mass is 9.81. The summed E-state index contributed by atoms with van der Waals surface area (Å²) in [5.41, 5.74) is 1.49. The highest BCUT2D eigenvalue weighted by molar-refractivity contribution is 6.17. The molecule has 0 aliphatic heterocycles. The van der Waals surface area contributed by atoms with E-state index >= 15 is 0 Å². The van der Waals surface area contributed by atoms with E-state index in [2.05, 4.69) is 22.8 Å². The van der Waals surface area contributed by atoms with Crippen LogP contribution in [0.15, 0.2) is 24.3 Å². The van der Waals surface area contributed by atoms with Gasteiger partial charge in [-0.25, -0.2) is 4.79 Å². The van der Waals surface area contributed by atoms with Crippen molar-refractivity contribution in [2.45, 2.75) is 76.9 Å². The monoisotopic (exact) mass is 394 g/mol. The first-order valence-electron chi connectivity index (χ1n) is 9.72. The highest BCUT2D eigenvalue weighted by Gasteiger charge is 2.23. The minimum Gasteiger partial charge on any atom is -0.444 e. The van der Waals surface area contributed by atoms with E-state index in [1.165, 1.54) is 5.56 Å². The van der Waals surface area contributed by atoms with Crippen molar-refractivity contribution >= 4 is 29.3 Å². The van der Waals surface area contributed by atoms with Crippen LogP contribution in [0.25, 0.3) is 0 Å². The third kappa shape index (κ3) is 7.79. The molecule has 0 atom stereocenters. The molecule has 0 saturated heterocycles. The molecule has 27 heavy (non-hydrogen) atoms. The van der Waals surface area contributed by atoms with Gasteiger partial charge in [0.15, 0.2) is 0 Å². The molecule has 0 unspecified atom stereocenters. The van der Waals surface area contributed by atoms with Gasteiger partial charge in [0.1, 0.15) is 5.60 Å². The van der Waals surface area contributed by atoms with Gasteiger partial charge in [0, 0.05) is 24.0 Å². The molecule has 1 aromatic carbocycles. The molecule has 2 rings (SSSR count). The molecule has 1 fully saturated rings. The van der Waals surface area contributed by atoms with Gasteiger partial charge >= 0.3 is 6.09 Å². The van der Waals surface area contributed by atoms with E-state index in [9.17, 15) is 9.59 Å². The predicted molar refractivity (Wildman–Crippen MR) is 109 cm³/mol. The number of amides is 2. The Morgan fingerprint density at radius 2 is 1.74 bits per heavy atom. The molecule has 150 valence electrons. The number of rotatable bonds is 6. The maximum absolute atomic E-state index is 11.8. The van der Waals surface area contributed by atoms with Crippen molar-refractivity contribution in [2.75, 3.05) is 11.2 Å². The number of alkyl halides is 1. The molecular formula is C21H31ClN2O3. The summed E-state index contributed by atoms with van der Waals surface area (Å²) in [6.45, 7) is 5.52. The molecule has 1 aliphatic rings. The number of carbonyl (C=O) groups excluding carboxylic acids is 2. The average molecular weight is 395 g/mol. The number of carbonyl (C=O) groups is 2. The number of hydrogen-bond donors (Lipinski definition) is 2. The van der Waals surface area contributed by atoms with Crippen LogP contribution in [0.2, 0.25) is 0 Å². The van der Waals surface area contributed by atoms with Gasteiger partial charge < -0.3 is 10.1 Å². The summed E-state index contributed by atoms with van der Waals surface area (Å²) in [7, 11) is 0. The summed E-state index contributed by atoms with van der Waals surface area (Å²) in [6.07, 6.45) is 4.89. The van der Waals surface area contributed by atoms with E-state index in [4.69, 9.17) is 16.3 Å². The van der Waals surface area contributed by atoms with Crippen LogP contribution in [-0.2, 0) is 9.53 Å². The standard InChI is InChI=1S/C21H31ClN2O3/c1-21(2,3)27-20(26)24-18-12-8-16(9-13-18)15-6-10-17(11-7-15)23-19(25)5-4-14-22/h8-9,12-13,15,17H,4-7,10-11,14H2,1-3H3,(H,23,25)(H,24,26). The zero-order valence-electron chi connectivity index (χ0n) is 16.5. The van der Waals surface area contributed by atoms with Crippen LogP contribution in [0.4, 0.5) is 10.5 Å². The first-order valence-corrected chi connectivity index (χ1v) is 10.3. The number of nitrogens with one attached hydrogen (secondary N) is 2. The van der Waals surface area contributed by atoms with Crippen LogP contribution >= 0.6 is 11.6 Å². The number of benzene rings is 1. The second-order valence-electron chi connectivity index (χ2n) is 8.16. The lowest BCUT2D eigenvalue weighted by molar-refractivity contribution is -0.122. The largest absolute Gasteiger partial charge is 0.444 e. The van der Waals surface area contributed by atoms with Gasteiger partial charge in [-0.3, -0.25) is 10.1 Å². The van der Waals surface area contributed by atoms with Crippen molar-refractivity contribution in [1.82, 2.24) is 5.32 Å². The van der Waals surface area contributed by atoms with Crippen LogP contribution in [0, 0.1) is 0 Å². The Kier molecular flexibility index (Phi) is 7.96. The van der Waals surface area contributed by atoms with Crippen LogP contribution < -0.4 is 10.6 Å². The summed E-state index contributed by atoms with van der Waals surface area (Å²) >= 11 is 5.63. The van der Waals surface area contributed by atoms with Crippen molar-refractivity contribution in [3.05, 3.63) is 29.8 Å². The zero-order chi connectivity index (χ0) is 19.9. The van der Waals surface area contributed by atoms with E-state index < -0.39 is 11.7 Å². The third-order valence-corrected chi connectivity index (χ3v) is 4.92. The van der Waals surface area contributed by atoms with Crippen molar-refractivity contribution in [1.29, 1.82) is 0 Å². The maximum atomic E-state index is 11.8. The molecule has 1 saturated carbocycles. The lowest BCUT2D eigenvalue weighted by Gasteiger charge is -2.29. The zero-order valence-corrected chi connectivity index (χ0v) is 17.3. The number of halogens is 1. The molecule has 2 amide bonds. The number of ether oxygens (including phenoxy) is 1. The summed E-state index contributed by atoms with van der Waals surface area (Å²) in [6, 6.07) is 8.24. The molecule has 2 N–H and O–H groups in total. The van der Waals surface area contributed by atoms with Crippen LogP contribution in [0.5, 0.6) is 0 Å². The highest BCUT2D eigenvalue weighted by atomic mass is 35.5.